The third-order valence-electron chi connectivity index (χ3n) is 3.55. The fraction of sp³-hybridized carbons (Fsp3) is 0.188. The largest absolute Gasteiger partial charge is 0.326 e. The first-order chi connectivity index (χ1) is 10.0. The van der Waals surface area contributed by atoms with Crippen LogP contribution in [0.15, 0.2) is 40.9 Å². The van der Waals surface area contributed by atoms with Crippen LogP contribution in [0.25, 0.3) is 0 Å². The second-order valence-corrected chi connectivity index (χ2v) is 6.28. The number of benzene rings is 2. The maximum absolute atomic E-state index is 13.2. The number of carbonyl (C=O) groups excluding carboxylic acids is 1. The predicted octanol–water partition coefficient (Wildman–Crippen LogP) is 4.80. The van der Waals surface area contributed by atoms with Crippen LogP contribution in [-0.2, 0) is 11.2 Å². The molecule has 1 unspecified atom stereocenters. The van der Waals surface area contributed by atoms with Crippen LogP contribution < -0.4 is 5.32 Å². The van der Waals surface area contributed by atoms with Gasteiger partial charge in [-0.2, -0.15) is 0 Å². The highest BCUT2D eigenvalue weighted by Crippen LogP contribution is 2.36. The van der Waals surface area contributed by atoms with Crippen molar-refractivity contribution in [2.75, 3.05) is 5.32 Å². The minimum Gasteiger partial charge on any atom is -0.326 e. The van der Waals surface area contributed by atoms with Gasteiger partial charge in [-0.15, -0.1) is 11.6 Å². The van der Waals surface area contributed by atoms with Gasteiger partial charge in [-0.25, -0.2) is 4.39 Å². The van der Waals surface area contributed by atoms with Crippen LogP contribution in [-0.4, -0.2) is 5.91 Å². The molecule has 0 aromatic heterocycles. The zero-order chi connectivity index (χ0) is 15.0. The Labute approximate surface area is 135 Å². The summed E-state index contributed by atoms with van der Waals surface area (Å²) in [6.45, 7) is 0. The Hall–Kier alpha value is -1.39. The molecule has 0 aliphatic carbocycles. The maximum atomic E-state index is 13.2. The smallest absolute Gasteiger partial charge is 0.224 e. The van der Waals surface area contributed by atoms with Gasteiger partial charge in [0.05, 0.1) is 5.38 Å². The van der Waals surface area contributed by atoms with E-state index in [0.29, 0.717) is 17.3 Å². The van der Waals surface area contributed by atoms with Crippen LogP contribution in [0.5, 0.6) is 0 Å². The van der Waals surface area contributed by atoms with E-state index in [4.69, 9.17) is 11.6 Å². The van der Waals surface area contributed by atoms with Crippen LogP contribution >= 0.6 is 27.5 Å². The lowest BCUT2D eigenvalue weighted by atomic mass is 9.97. The third-order valence-corrected chi connectivity index (χ3v) is 4.73. The molecule has 1 atom stereocenters. The molecule has 2 aromatic carbocycles. The molecule has 0 bridgehead atoms. The molecular formula is C16H12BrClFNO. The number of anilines is 1. The van der Waals surface area contributed by atoms with Crippen LogP contribution in [0.4, 0.5) is 10.1 Å². The van der Waals surface area contributed by atoms with Crippen molar-refractivity contribution in [3.8, 4) is 0 Å². The van der Waals surface area contributed by atoms with Gasteiger partial charge in [-0.1, -0.05) is 34.1 Å². The molecule has 1 amide bonds. The van der Waals surface area contributed by atoms with E-state index in [2.05, 4.69) is 21.2 Å². The number of carbonyl (C=O) groups is 1. The summed E-state index contributed by atoms with van der Waals surface area (Å²) in [6, 6.07) is 10.2. The van der Waals surface area contributed by atoms with Gasteiger partial charge in [-0.3, -0.25) is 4.79 Å². The summed E-state index contributed by atoms with van der Waals surface area (Å²) in [7, 11) is 0. The molecule has 1 heterocycles. The van der Waals surface area contributed by atoms with E-state index >= 15 is 0 Å². The lowest BCUT2D eigenvalue weighted by Crippen LogP contribution is -2.19. The second kappa shape index (κ2) is 5.78. The van der Waals surface area contributed by atoms with Crippen molar-refractivity contribution in [1.82, 2.24) is 0 Å². The molecular weight excluding hydrogens is 357 g/mol. The number of aryl methyl sites for hydroxylation is 1. The summed E-state index contributed by atoms with van der Waals surface area (Å²) in [4.78, 5) is 11.4. The number of rotatable bonds is 2. The second-order valence-electron chi connectivity index (χ2n) is 4.99. The Morgan fingerprint density at radius 3 is 2.76 bits per heavy atom. The van der Waals surface area contributed by atoms with Gasteiger partial charge in [0.25, 0.3) is 0 Å². The Morgan fingerprint density at radius 2 is 2.00 bits per heavy atom. The highest BCUT2D eigenvalue weighted by molar-refractivity contribution is 9.10. The standard InChI is InChI=1S/C16H12BrClFNO/c17-13-8-11(19)3-4-12(13)16(18)10-1-5-14-9(7-10)2-6-15(21)20-14/h1,3-5,7-8,16H,2,6H2,(H,20,21). The molecule has 1 aliphatic heterocycles. The Balaban J connectivity index is 1.95. The van der Waals surface area contributed by atoms with E-state index in [1.807, 2.05) is 18.2 Å². The molecule has 0 spiro atoms. The van der Waals surface area contributed by atoms with Crippen LogP contribution in [0.1, 0.15) is 28.5 Å². The summed E-state index contributed by atoms with van der Waals surface area (Å²) in [6.07, 6.45) is 1.20. The van der Waals surface area contributed by atoms with Crippen molar-refractivity contribution in [3.63, 3.8) is 0 Å². The fourth-order valence-electron chi connectivity index (χ4n) is 2.45. The zero-order valence-corrected chi connectivity index (χ0v) is 13.3. The number of fused-ring (bicyclic) bond motifs is 1. The molecule has 2 aromatic rings. The number of nitrogens with one attached hydrogen (secondary N) is 1. The van der Waals surface area contributed by atoms with Crippen LogP contribution in [0.3, 0.4) is 0 Å². The first-order valence-electron chi connectivity index (χ1n) is 6.56. The van der Waals surface area contributed by atoms with Gasteiger partial charge < -0.3 is 5.32 Å². The van der Waals surface area contributed by atoms with Gasteiger partial charge >= 0.3 is 0 Å². The molecule has 0 radical (unpaired) electrons. The monoisotopic (exact) mass is 367 g/mol. The zero-order valence-electron chi connectivity index (χ0n) is 11.0. The van der Waals surface area contributed by atoms with Crippen LogP contribution in [0.2, 0.25) is 0 Å². The van der Waals surface area contributed by atoms with Crippen molar-refractivity contribution in [2.45, 2.75) is 18.2 Å². The average molecular weight is 369 g/mol. The normalized spacial score (nSPS) is 15.3. The highest BCUT2D eigenvalue weighted by atomic mass is 79.9. The molecule has 0 fully saturated rings. The topological polar surface area (TPSA) is 29.1 Å². The van der Waals surface area contributed by atoms with E-state index in [9.17, 15) is 9.18 Å². The lowest BCUT2D eigenvalue weighted by Gasteiger charge is -2.19. The number of amides is 1. The molecule has 0 saturated heterocycles. The summed E-state index contributed by atoms with van der Waals surface area (Å²) >= 11 is 9.87. The summed E-state index contributed by atoms with van der Waals surface area (Å²) in [5.41, 5.74) is 3.67. The molecule has 3 rings (SSSR count). The quantitative estimate of drug-likeness (QED) is 0.758. The minimum atomic E-state index is -0.372. The summed E-state index contributed by atoms with van der Waals surface area (Å²) in [5, 5.41) is 2.47. The number of halogens is 3. The van der Waals surface area contributed by atoms with Crippen molar-refractivity contribution in [3.05, 3.63) is 63.4 Å². The molecule has 1 N–H and O–H groups in total. The van der Waals surface area contributed by atoms with Gasteiger partial charge in [0.1, 0.15) is 5.82 Å². The lowest BCUT2D eigenvalue weighted by molar-refractivity contribution is -0.116. The Bertz CT molecular complexity index is 719. The SMILES string of the molecule is O=C1CCc2cc(C(Cl)c3ccc(F)cc3Br)ccc2N1. The van der Waals surface area contributed by atoms with Crippen molar-refractivity contribution in [2.24, 2.45) is 0 Å². The predicted molar refractivity (Wildman–Crippen MR) is 85.2 cm³/mol. The van der Waals surface area contributed by atoms with Gasteiger partial charge in [0.15, 0.2) is 0 Å². The van der Waals surface area contributed by atoms with E-state index in [-0.39, 0.29) is 17.1 Å². The number of hydrogen-bond donors (Lipinski definition) is 1. The fourth-order valence-corrected chi connectivity index (χ4v) is 3.49. The summed E-state index contributed by atoms with van der Waals surface area (Å²) < 4.78 is 13.8. The van der Waals surface area contributed by atoms with Crippen LogP contribution in [0, 0.1) is 5.82 Å². The van der Waals surface area contributed by atoms with Gasteiger partial charge in [0.2, 0.25) is 5.91 Å². The Kier molecular flexibility index (Phi) is 4.00. The van der Waals surface area contributed by atoms with E-state index in [1.165, 1.54) is 12.1 Å². The van der Waals surface area contributed by atoms with Gasteiger partial charge in [0, 0.05) is 16.6 Å². The first-order valence-corrected chi connectivity index (χ1v) is 7.79. The molecule has 1 aliphatic rings. The van der Waals surface area contributed by atoms with Crippen molar-refractivity contribution >= 4 is 39.1 Å². The van der Waals surface area contributed by atoms with E-state index in [1.54, 1.807) is 6.07 Å². The molecule has 21 heavy (non-hydrogen) atoms. The summed E-state index contributed by atoms with van der Waals surface area (Å²) in [5.74, 6) is -0.262. The van der Waals surface area contributed by atoms with E-state index in [0.717, 1.165) is 22.4 Å². The Morgan fingerprint density at radius 1 is 1.19 bits per heavy atom. The molecule has 108 valence electrons. The first kappa shape index (κ1) is 14.5. The highest BCUT2D eigenvalue weighted by Gasteiger charge is 2.19. The van der Waals surface area contributed by atoms with Gasteiger partial charge in [-0.05, 0) is 41.3 Å². The number of alkyl halides is 1. The molecule has 5 heteroatoms. The molecule has 2 nitrogen and oxygen atoms in total. The number of hydrogen-bond acceptors (Lipinski definition) is 1. The van der Waals surface area contributed by atoms with Crippen molar-refractivity contribution < 1.29 is 9.18 Å². The molecule has 0 saturated carbocycles. The third kappa shape index (κ3) is 2.97. The van der Waals surface area contributed by atoms with Crippen molar-refractivity contribution in [1.29, 1.82) is 0 Å². The maximum Gasteiger partial charge on any atom is 0.224 e. The van der Waals surface area contributed by atoms with E-state index < -0.39 is 0 Å². The minimum absolute atomic E-state index is 0.0407. The average Bonchev–Trinajstić information content (AvgIpc) is 2.46.